The van der Waals surface area contributed by atoms with E-state index in [0.29, 0.717) is 17.0 Å². The lowest BCUT2D eigenvalue weighted by Crippen LogP contribution is -2.14. The number of hydrogen-bond donors (Lipinski definition) is 1. The largest absolute Gasteiger partial charge is 0.455 e. The van der Waals surface area contributed by atoms with Gasteiger partial charge in [-0.2, -0.15) is 0 Å². The summed E-state index contributed by atoms with van der Waals surface area (Å²) in [5.74, 6) is 0.535. The summed E-state index contributed by atoms with van der Waals surface area (Å²) in [6, 6.07) is 45.4. The number of furan rings is 1. The molecule has 0 aliphatic heterocycles. The van der Waals surface area contributed by atoms with E-state index in [2.05, 4.69) is 79.1 Å². The summed E-state index contributed by atoms with van der Waals surface area (Å²) in [6.45, 7) is 4.61. The van der Waals surface area contributed by atoms with Gasteiger partial charge < -0.3 is 4.42 Å². The average molecular weight is 607 g/mol. The molecule has 47 heavy (non-hydrogen) atoms. The van der Waals surface area contributed by atoms with Gasteiger partial charge in [0.1, 0.15) is 17.5 Å². The fourth-order valence-corrected chi connectivity index (χ4v) is 7.36. The second kappa shape index (κ2) is 10.2. The first-order valence-electron chi connectivity index (χ1n) is 15.8. The zero-order chi connectivity index (χ0) is 31.7. The van der Waals surface area contributed by atoms with Gasteiger partial charge in [-0.25, -0.2) is 9.98 Å². The van der Waals surface area contributed by atoms with Gasteiger partial charge in [0.05, 0.1) is 16.6 Å². The van der Waals surface area contributed by atoms with Crippen molar-refractivity contribution in [3.05, 3.63) is 156 Å². The predicted molar refractivity (Wildman–Crippen MR) is 194 cm³/mol. The van der Waals surface area contributed by atoms with Crippen LogP contribution >= 0.6 is 0 Å². The van der Waals surface area contributed by atoms with Crippen molar-refractivity contribution in [1.82, 2.24) is 4.57 Å². The molecule has 0 unspecified atom stereocenters. The molecule has 2 heterocycles. The lowest BCUT2D eigenvalue weighted by atomic mass is 9.82. The Hall–Kier alpha value is -6.07. The Morgan fingerprint density at radius 1 is 0.681 bits per heavy atom. The van der Waals surface area contributed by atoms with Gasteiger partial charge in [0.2, 0.25) is 0 Å². The van der Waals surface area contributed by atoms with E-state index in [1.165, 1.54) is 33.0 Å². The molecule has 0 atom stereocenters. The molecule has 8 aromatic rings. The number of para-hydroxylation sites is 3. The molecule has 0 saturated heterocycles. The maximum absolute atomic E-state index is 9.18. The van der Waals surface area contributed by atoms with Crippen LogP contribution in [-0.4, -0.2) is 22.6 Å². The van der Waals surface area contributed by atoms with Crippen LogP contribution in [0.1, 0.15) is 36.1 Å². The second-order valence-corrected chi connectivity index (χ2v) is 12.6. The van der Waals surface area contributed by atoms with E-state index < -0.39 is 0 Å². The Bertz CT molecular complexity index is 2620. The highest BCUT2D eigenvalue weighted by Crippen LogP contribution is 2.52. The van der Waals surface area contributed by atoms with Crippen LogP contribution in [-0.2, 0) is 5.41 Å². The van der Waals surface area contributed by atoms with Crippen LogP contribution in [0.2, 0.25) is 0 Å². The Kier molecular flexibility index (Phi) is 5.93. The molecule has 224 valence electrons. The SMILES string of the molecule is CC1(C)c2ccccc2-c2c1ccc1c3ccccc3n(/C=N/C(=N\C(=N)c3cccc4c3oc3ccccc34)c3ccccc3)c21. The smallest absolute Gasteiger partial charge is 0.163 e. The molecule has 0 fully saturated rings. The third-order valence-corrected chi connectivity index (χ3v) is 9.62. The van der Waals surface area contributed by atoms with Gasteiger partial charge in [-0.05, 0) is 34.9 Å². The van der Waals surface area contributed by atoms with Gasteiger partial charge in [-0.15, -0.1) is 0 Å². The van der Waals surface area contributed by atoms with Gasteiger partial charge in [0.15, 0.2) is 11.7 Å². The van der Waals surface area contributed by atoms with Gasteiger partial charge in [-0.1, -0.05) is 129 Å². The number of amidine groups is 2. The highest BCUT2D eigenvalue weighted by atomic mass is 16.3. The van der Waals surface area contributed by atoms with E-state index in [1.807, 2.05) is 79.1 Å². The number of aromatic nitrogens is 1. The number of nitrogens with one attached hydrogen (secondary N) is 1. The maximum Gasteiger partial charge on any atom is 0.163 e. The monoisotopic (exact) mass is 606 g/mol. The fraction of sp³-hybridized carbons (Fsp3) is 0.0714. The van der Waals surface area contributed by atoms with Crippen molar-refractivity contribution in [2.75, 3.05) is 0 Å². The van der Waals surface area contributed by atoms with Crippen molar-refractivity contribution < 1.29 is 4.42 Å². The summed E-state index contributed by atoms with van der Waals surface area (Å²) in [6.07, 6.45) is 1.87. The first-order valence-corrected chi connectivity index (χ1v) is 15.8. The van der Waals surface area contributed by atoms with Gasteiger partial charge in [0, 0.05) is 38.1 Å². The normalized spacial score (nSPS) is 14.0. The summed E-state index contributed by atoms with van der Waals surface area (Å²) < 4.78 is 8.44. The molecule has 0 spiro atoms. The summed E-state index contributed by atoms with van der Waals surface area (Å²) in [4.78, 5) is 9.92. The van der Waals surface area contributed by atoms with Crippen LogP contribution < -0.4 is 0 Å². The number of rotatable bonds is 3. The quantitative estimate of drug-likeness (QED) is 0.158. The fourth-order valence-electron chi connectivity index (χ4n) is 7.36. The second-order valence-electron chi connectivity index (χ2n) is 12.6. The molecule has 6 aromatic carbocycles. The Morgan fingerprint density at radius 2 is 1.40 bits per heavy atom. The van der Waals surface area contributed by atoms with Gasteiger partial charge in [0.25, 0.3) is 0 Å². The summed E-state index contributed by atoms with van der Waals surface area (Å²) in [7, 11) is 0. The first kappa shape index (κ1) is 27.3. The average Bonchev–Trinajstić information content (AvgIpc) is 3.73. The van der Waals surface area contributed by atoms with E-state index in [0.717, 1.165) is 33.0 Å². The summed E-state index contributed by atoms with van der Waals surface area (Å²) in [5, 5.41) is 13.5. The molecule has 1 N–H and O–H groups in total. The molecular formula is C42H30N4O. The molecule has 0 amide bonds. The number of aliphatic imine (C=N–C) groups is 2. The predicted octanol–water partition coefficient (Wildman–Crippen LogP) is 10.3. The van der Waals surface area contributed by atoms with E-state index in [-0.39, 0.29) is 11.3 Å². The van der Waals surface area contributed by atoms with Crippen LogP contribution in [0.5, 0.6) is 0 Å². The minimum absolute atomic E-state index is 0.0875. The molecule has 5 heteroatoms. The van der Waals surface area contributed by atoms with Crippen LogP contribution in [0.25, 0.3) is 54.9 Å². The Balaban J connectivity index is 1.25. The topological polar surface area (TPSA) is 66.6 Å². The minimum atomic E-state index is -0.123. The van der Waals surface area contributed by atoms with Crippen LogP contribution in [0.3, 0.4) is 0 Å². The molecular weight excluding hydrogens is 576 g/mol. The molecule has 1 aliphatic rings. The Morgan fingerprint density at radius 3 is 2.28 bits per heavy atom. The van der Waals surface area contributed by atoms with E-state index in [4.69, 9.17) is 14.4 Å². The zero-order valence-corrected chi connectivity index (χ0v) is 26.0. The van der Waals surface area contributed by atoms with E-state index in [9.17, 15) is 5.41 Å². The third kappa shape index (κ3) is 4.06. The maximum atomic E-state index is 9.18. The molecule has 9 rings (SSSR count). The summed E-state index contributed by atoms with van der Waals surface area (Å²) in [5.41, 5.74) is 10.1. The Labute approximate surface area is 271 Å². The molecule has 0 saturated carbocycles. The van der Waals surface area contributed by atoms with E-state index in [1.54, 1.807) is 0 Å². The summed E-state index contributed by atoms with van der Waals surface area (Å²) >= 11 is 0. The van der Waals surface area contributed by atoms with E-state index >= 15 is 0 Å². The van der Waals surface area contributed by atoms with Crippen molar-refractivity contribution in [1.29, 1.82) is 5.41 Å². The zero-order valence-electron chi connectivity index (χ0n) is 26.0. The standard InChI is InChI=1S/C42H30N4O/c1-42(2)33-20-9-6-17-31(33)37-34(42)24-23-29-27-15-7-10-21-35(27)46(38(29)37)25-44-41(26-13-4-3-5-14-26)45-40(43)32-19-12-18-30-28-16-8-11-22-36(28)47-39(30)32/h3-25,43H,1-2H3/b43-40?,44-25+,45-41-. The lowest BCUT2D eigenvalue weighted by molar-refractivity contribution is 0.661. The highest BCUT2D eigenvalue weighted by molar-refractivity contribution is 6.20. The van der Waals surface area contributed by atoms with Crippen molar-refractivity contribution >= 4 is 61.8 Å². The van der Waals surface area contributed by atoms with Crippen LogP contribution in [0, 0.1) is 5.41 Å². The molecule has 0 radical (unpaired) electrons. The van der Waals surface area contributed by atoms with Crippen molar-refractivity contribution in [2.45, 2.75) is 19.3 Å². The number of hydrogen-bond acceptors (Lipinski definition) is 2. The molecule has 2 aromatic heterocycles. The van der Waals surface area contributed by atoms with Crippen molar-refractivity contribution in [2.24, 2.45) is 9.98 Å². The highest BCUT2D eigenvalue weighted by Gasteiger charge is 2.37. The van der Waals surface area contributed by atoms with Crippen molar-refractivity contribution in [3.8, 4) is 11.1 Å². The van der Waals surface area contributed by atoms with Gasteiger partial charge in [-0.3, -0.25) is 9.98 Å². The van der Waals surface area contributed by atoms with Crippen LogP contribution in [0.15, 0.2) is 148 Å². The lowest BCUT2D eigenvalue weighted by Gasteiger charge is -2.21. The minimum Gasteiger partial charge on any atom is -0.455 e. The number of benzene rings is 6. The first-order chi connectivity index (χ1) is 23.0. The molecule has 1 aliphatic carbocycles. The van der Waals surface area contributed by atoms with Crippen LogP contribution in [0.4, 0.5) is 0 Å². The molecule has 0 bridgehead atoms. The number of fused-ring (bicyclic) bond motifs is 10. The third-order valence-electron chi connectivity index (χ3n) is 9.62. The van der Waals surface area contributed by atoms with Gasteiger partial charge >= 0.3 is 0 Å². The molecule has 5 nitrogen and oxygen atoms in total. The van der Waals surface area contributed by atoms with Crippen molar-refractivity contribution in [3.63, 3.8) is 0 Å². The number of nitrogens with zero attached hydrogens (tertiary/aromatic N) is 3.